The molecule has 4 aromatic carbocycles. The van der Waals surface area contributed by atoms with E-state index in [1.54, 1.807) is 0 Å². The van der Waals surface area contributed by atoms with Crippen LogP contribution in [0, 0.1) is 0 Å². The molecule has 0 bridgehead atoms. The van der Waals surface area contributed by atoms with Crippen LogP contribution in [-0.4, -0.2) is 30.0 Å². The van der Waals surface area contributed by atoms with Crippen LogP contribution in [0.3, 0.4) is 0 Å². The van der Waals surface area contributed by atoms with E-state index in [1.165, 1.54) is 11.1 Å². The molecule has 7 nitrogen and oxygen atoms in total. The smallest absolute Gasteiger partial charge is 0.129 e. The Morgan fingerprint density at radius 3 is 1.26 bits per heavy atom. The molecule has 6 aromatic rings. The van der Waals surface area contributed by atoms with Crippen molar-refractivity contribution in [3.63, 3.8) is 0 Å². The maximum absolute atomic E-state index is 6.18. The average Bonchev–Trinajstić information content (AvgIpc) is 3.52. The average molecular weight is 517 g/mol. The van der Waals surface area contributed by atoms with Crippen molar-refractivity contribution < 1.29 is 4.74 Å². The minimum absolute atomic E-state index is 0.101. The fourth-order valence-electron chi connectivity index (χ4n) is 4.66. The summed E-state index contributed by atoms with van der Waals surface area (Å²) in [6.45, 7) is 13.2. The summed E-state index contributed by atoms with van der Waals surface area (Å²) in [5.74, 6) is 1.37. The number of ether oxygens (including phenoxy) is 1. The summed E-state index contributed by atoms with van der Waals surface area (Å²) in [6.07, 6.45) is 0. The molecule has 7 heteroatoms. The van der Waals surface area contributed by atoms with Crippen LogP contribution >= 0.6 is 0 Å². The van der Waals surface area contributed by atoms with Crippen LogP contribution in [0.25, 0.3) is 33.4 Å². The predicted octanol–water partition coefficient (Wildman–Crippen LogP) is 7.54. The topological polar surface area (TPSA) is 70.7 Å². The van der Waals surface area contributed by atoms with Gasteiger partial charge in [0.1, 0.15) is 22.5 Å². The van der Waals surface area contributed by atoms with Gasteiger partial charge in [-0.3, -0.25) is 0 Å². The van der Waals surface area contributed by atoms with E-state index >= 15 is 0 Å². The highest BCUT2D eigenvalue weighted by Crippen LogP contribution is 2.30. The number of hydrogen-bond donors (Lipinski definition) is 0. The highest BCUT2D eigenvalue weighted by molar-refractivity contribution is 5.79. The van der Waals surface area contributed by atoms with Crippen molar-refractivity contribution in [3.8, 4) is 22.9 Å². The molecule has 0 fully saturated rings. The SMILES string of the molecule is CC(C)(C)c1ccc(-n2nnc3cc(Oc4ccc5c(c4)nnn5-c4ccc(C(C)(C)C)cc4)ccc32)cc1. The molecule has 0 saturated heterocycles. The maximum atomic E-state index is 6.18. The van der Waals surface area contributed by atoms with Crippen LogP contribution in [0.1, 0.15) is 52.7 Å². The third-order valence-corrected chi connectivity index (χ3v) is 7.03. The Kier molecular flexibility index (Phi) is 5.75. The molecule has 0 aliphatic carbocycles. The second kappa shape index (κ2) is 9.05. The Bertz CT molecular complexity index is 1650. The number of fused-ring (bicyclic) bond motifs is 2. The Hall–Kier alpha value is -4.52. The Balaban J connectivity index is 1.23. The summed E-state index contributed by atoms with van der Waals surface area (Å²) in [5, 5.41) is 17.5. The van der Waals surface area contributed by atoms with Crippen molar-refractivity contribution in [2.75, 3.05) is 0 Å². The first-order chi connectivity index (χ1) is 18.6. The molecule has 0 amide bonds. The molecular weight excluding hydrogens is 484 g/mol. The Morgan fingerprint density at radius 2 is 0.897 bits per heavy atom. The van der Waals surface area contributed by atoms with Gasteiger partial charge in [0, 0.05) is 12.1 Å². The van der Waals surface area contributed by atoms with E-state index in [1.807, 2.05) is 45.8 Å². The fraction of sp³-hybridized carbons (Fsp3) is 0.250. The number of nitrogens with zero attached hydrogens (tertiary/aromatic N) is 6. The minimum Gasteiger partial charge on any atom is -0.457 e. The van der Waals surface area contributed by atoms with Crippen LogP contribution in [0.2, 0.25) is 0 Å². The quantitative estimate of drug-likeness (QED) is 0.242. The second-order valence-electron chi connectivity index (χ2n) is 12.0. The van der Waals surface area contributed by atoms with E-state index in [0.717, 1.165) is 33.4 Å². The summed E-state index contributed by atoms with van der Waals surface area (Å²) in [6, 6.07) is 28.6. The molecule has 0 spiro atoms. The van der Waals surface area contributed by atoms with Crippen LogP contribution in [0.5, 0.6) is 11.5 Å². The summed E-state index contributed by atoms with van der Waals surface area (Å²) in [4.78, 5) is 0. The zero-order valence-electron chi connectivity index (χ0n) is 23.2. The molecule has 0 N–H and O–H groups in total. The third kappa shape index (κ3) is 4.76. The minimum atomic E-state index is 0.101. The van der Waals surface area contributed by atoms with E-state index in [9.17, 15) is 0 Å². The first-order valence-electron chi connectivity index (χ1n) is 13.2. The van der Waals surface area contributed by atoms with Crippen LogP contribution in [0.4, 0.5) is 0 Å². The van der Waals surface area contributed by atoms with E-state index in [4.69, 9.17) is 4.74 Å². The number of benzene rings is 4. The molecule has 196 valence electrons. The normalized spacial score (nSPS) is 12.4. The second-order valence-corrected chi connectivity index (χ2v) is 12.0. The molecule has 0 aliphatic heterocycles. The summed E-state index contributed by atoms with van der Waals surface area (Å²) < 4.78 is 9.88. The largest absolute Gasteiger partial charge is 0.457 e. The molecule has 2 heterocycles. The lowest BCUT2D eigenvalue weighted by molar-refractivity contribution is 0.484. The van der Waals surface area contributed by atoms with Gasteiger partial charge in [0.15, 0.2) is 0 Å². The van der Waals surface area contributed by atoms with Gasteiger partial charge in [-0.25, -0.2) is 9.36 Å². The molecule has 39 heavy (non-hydrogen) atoms. The lowest BCUT2D eigenvalue weighted by Gasteiger charge is -2.19. The number of rotatable bonds is 4. The predicted molar refractivity (Wildman–Crippen MR) is 155 cm³/mol. The standard InChI is InChI=1S/C32H32N6O/c1-31(2,3)21-7-11-23(12-8-21)37-29-17-15-25(19-27(29)33-35-37)39-26-16-18-30-28(20-26)34-36-38(30)24-13-9-22(10-14-24)32(4,5)6/h7-20H,1-6H3. The lowest BCUT2D eigenvalue weighted by Crippen LogP contribution is -2.11. The van der Waals surface area contributed by atoms with Crippen LogP contribution in [0.15, 0.2) is 84.9 Å². The molecular formula is C32H32N6O. The molecule has 6 rings (SSSR count). The number of hydrogen-bond acceptors (Lipinski definition) is 5. The maximum Gasteiger partial charge on any atom is 0.129 e. The monoisotopic (exact) mass is 516 g/mol. The van der Waals surface area contributed by atoms with Gasteiger partial charge >= 0.3 is 0 Å². The van der Waals surface area contributed by atoms with Gasteiger partial charge in [0.05, 0.1) is 22.4 Å². The third-order valence-electron chi connectivity index (χ3n) is 7.03. The summed E-state index contributed by atoms with van der Waals surface area (Å²) in [5.41, 5.74) is 8.07. The van der Waals surface area contributed by atoms with Gasteiger partial charge in [-0.2, -0.15) is 0 Å². The van der Waals surface area contributed by atoms with E-state index in [-0.39, 0.29) is 10.8 Å². The van der Waals surface area contributed by atoms with Crippen molar-refractivity contribution in [3.05, 3.63) is 96.1 Å². The van der Waals surface area contributed by atoms with Crippen LogP contribution in [-0.2, 0) is 10.8 Å². The Labute approximate surface area is 228 Å². The fourth-order valence-corrected chi connectivity index (χ4v) is 4.66. The molecule has 0 saturated carbocycles. The van der Waals surface area contributed by atoms with Crippen molar-refractivity contribution in [2.24, 2.45) is 0 Å². The Morgan fingerprint density at radius 1 is 0.513 bits per heavy atom. The highest BCUT2D eigenvalue weighted by Gasteiger charge is 2.16. The zero-order chi connectivity index (χ0) is 27.4. The van der Waals surface area contributed by atoms with E-state index in [2.05, 4.69) is 111 Å². The van der Waals surface area contributed by atoms with E-state index in [0.29, 0.717) is 11.5 Å². The van der Waals surface area contributed by atoms with Gasteiger partial charge in [0.25, 0.3) is 0 Å². The molecule has 2 aromatic heterocycles. The summed E-state index contributed by atoms with van der Waals surface area (Å²) in [7, 11) is 0. The van der Waals surface area contributed by atoms with Crippen molar-refractivity contribution in [1.82, 2.24) is 30.0 Å². The first kappa shape index (κ1) is 24.8. The van der Waals surface area contributed by atoms with Gasteiger partial charge in [0.2, 0.25) is 0 Å². The molecule has 0 radical (unpaired) electrons. The zero-order valence-corrected chi connectivity index (χ0v) is 23.2. The van der Waals surface area contributed by atoms with Gasteiger partial charge in [-0.15, -0.1) is 10.2 Å². The van der Waals surface area contributed by atoms with E-state index < -0.39 is 0 Å². The first-order valence-corrected chi connectivity index (χ1v) is 13.2. The van der Waals surface area contributed by atoms with Crippen molar-refractivity contribution in [1.29, 1.82) is 0 Å². The van der Waals surface area contributed by atoms with Crippen molar-refractivity contribution in [2.45, 2.75) is 52.4 Å². The van der Waals surface area contributed by atoms with Gasteiger partial charge in [-0.1, -0.05) is 76.2 Å². The molecule has 0 atom stereocenters. The van der Waals surface area contributed by atoms with Crippen LogP contribution < -0.4 is 4.74 Å². The summed E-state index contributed by atoms with van der Waals surface area (Å²) >= 11 is 0. The highest BCUT2D eigenvalue weighted by atomic mass is 16.5. The molecule has 0 unspecified atom stereocenters. The lowest BCUT2D eigenvalue weighted by atomic mass is 9.87. The van der Waals surface area contributed by atoms with Crippen molar-refractivity contribution >= 4 is 22.1 Å². The van der Waals surface area contributed by atoms with Gasteiger partial charge < -0.3 is 4.74 Å². The van der Waals surface area contributed by atoms with Gasteiger partial charge in [-0.05, 0) is 70.5 Å². The number of aromatic nitrogens is 6. The molecule has 0 aliphatic rings.